The molecule has 0 bridgehead atoms. The van der Waals surface area contributed by atoms with Gasteiger partial charge in [-0.3, -0.25) is 9.78 Å². The molecule has 1 fully saturated rings. The first kappa shape index (κ1) is 23.4. The first-order valence-corrected chi connectivity index (χ1v) is 10.7. The lowest BCUT2D eigenvalue weighted by molar-refractivity contribution is -0.115. The van der Waals surface area contributed by atoms with E-state index in [1.807, 2.05) is 4.98 Å². The Morgan fingerprint density at radius 3 is 2.42 bits per heavy atom. The predicted molar refractivity (Wildman–Crippen MR) is 118 cm³/mol. The molecule has 0 saturated heterocycles. The molecule has 1 aromatic carbocycles. The van der Waals surface area contributed by atoms with Gasteiger partial charge >= 0.3 is 5.69 Å². The summed E-state index contributed by atoms with van der Waals surface area (Å²) in [5, 5.41) is 11.5. The fourth-order valence-corrected chi connectivity index (χ4v) is 4.33. The first-order chi connectivity index (χ1) is 15.4. The molecule has 0 amide bonds. The van der Waals surface area contributed by atoms with E-state index in [-0.39, 0.29) is 57.2 Å². The zero-order chi connectivity index (χ0) is 24.1. The normalized spacial score (nSPS) is 16.3. The Bertz CT molecular complexity index is 1330. The number of benzene rings is 1. The lowest BCUT2D eigenvalue weighted by Crippen LogP contribution is -2.38. The van der Waals surface area contributed by atoms with Gasteiger partial charge in [0.25, 0.3) is 5.56 Å². The van der Waals surface area contributed by atoms with Crippen LogP contribution in [-0.2, 0) is 0 Å². The number of anilines is 1. The summed E-state index contributed by atoms with van der Waals surface area (Å²) in [5.74, 6) is -3.65. The second-order valence-corrected chi connectivity index (χ2v) is 8.81. The van der Waals surface area contributed by atoms with Crippen LogP contribution in [-0.4, -0.2) is 30.9 Å². The fourth-order valence-electron chi connectivity index (χ4n) is 3.51. The van der Waals surface area contributed by atoms with E-state index >= 15 is 0 Å². The molecule has 9 nitrogen and oxygen atoms in total. The topological polar surface area (TPSA) is 129 Å². The lowest BCUT2D eigenvalue weighted by Gasteiger charge is -2.39. The third-order valence-corrected chi connectivity index (χ3v) is 6.22. The number of halogens is 5. The Morgan fingerprint density at radius 2 is 1.82 bits per heavy atom. The summed E-state index contributed by atoms with van der Waals surface area (Å²) in [7, 11) is 0. The second-order valence-electron chi connectivity index (χ2n) is 7.64. The Balaban J connectivity index is 1.63. The number of aromatic amines is 1. The van der Waals surface area contributed by atoms with Crippen molar-refractivity contribution in [1.29, 1.82) is 0 Å². The quantitative estimate of drug-likeness (QED) is 0.517. The smallest absolute Gasteiger partial charge is 0.349 e. The number of nitrogens with one attached hydrogen (secondary N) is 1. The predicted octanol–water partition coefficient (Wildman–Crippen LogP) is 4.19. The number of alkyl halides is 2. The number of hydrogen-bond donors (Lipinski definition) is 2. The van der Waals surface area contributed by atoms with Crippen LogP contribution in [0.5, 0.6) is 11.6 Å². The number of nitrogens with two attached hydrogens (primary N) is 1. The van der Waals surface area contributed by atoms with Crippen LogP contribution in [0.15, 0.2) is 27.8 Å². The second kappa shape index (κ2) is 8.54. The Labute approximate surface area is 199 Å². The van der Waals surface area contributed by atoms with Crippen LogP contribution >= 0.6 is 34.8 Å². The van der Waals surface area contributed by atoms with Crippen molar-refractivity contribution in [3.63, 3.8) is 0 Å². The number of aromatic nitrogens is 5. The molecule has 1 atom stereocenters. The van der Waals surface area contributed by atoms with Gasteiger partial charge in [-0.05, 0) is 29.5 Å². The van der Waals surface area contributed by atoms with Gasteiger partial charge in [-0.2, -0.15) is 4.68 Å². The van der Waals surface area contributed by atoms with E-state index in [2.05, 4.69) is 15.3 Å². The number of hydrogen-bond acceptors (Lipinski definition) is 7. The molecule has 1 aliphatic rings. The molecule has 2 aromatic heterocycles. The number of nitrogen functional groups attached to an aromatic ring is 1. The molecule has 4 rings (SSSR count). The minimum absolute atomic E-state index is 0.00191. The molecule has 3 aromatic rings. The van der Waals surface area contributed by atoms with Crippen molar-refractivity contribution in [2.75, 3.05) is 5.73 Å². The van der Waals surface area contributed by atoms with Crippen molar-refractivity contribution >= 4 is 40.6 Å². The molecule has 0 aliphatic heterocycles. The van der Waals surface area contributed by atoms with Crippen molar-refractivity contribution in [2.45, 2.75) is 31.6 Å². The van der Waals surface area contributed by atoms with Crippen LogP contribution < -0.4 is 21.7 Å². The molecule has 174 valence electrons. The first-order valence-electron chi connectivity index (χ1n) is 9.52. The summed E-state index contributed by atoms with van der Waals surface area (Å²) < 4.78 is 33.1. The maximum atomic E-state index is 13.3. The van der Waals surface area contributed by atoms with Crippen LogP contribution in [0.3, 0.4) is 0 Å². The van der Waals surface area contributed by atoms with E-state index in [0.29, 0.717) is 5.56 Å². The third-order valence-electron chi connectivity index (χ3n) is 5.36. The summed E-state index contributed by atoms with van der Waals surface area (Å²) in [6, 6.07) is 4.13. The largest absolute Gasteiger partial charge is 0.434 e. The van der Waals surface area contributed by atoms with Crippen LogP contribution in [0.2, 0.25) is 15.2 Å². The zero-order valence-corrected chi connectivity index (χ0v) is 19.0. The SMILES string of the molecule is CC(c1cc(Oc2c(Cl)cc(-n3nc(N)c(=O)[nH]c3=O)cc2Cl)nnc1Cl)C1CC(F)(F)C1. The maximum Gasteiger partial charge on any atom is 0.349 e. The van der Waals surface area contributed by atoms with E-state index in [9.17, 15) is 18.4 Å². The number of nitrogens with zero attached hydrogens (tertiary/aromatic N) is 4. The molecule has 3 N–H and O–H groups in total. The monoisotopic (exact) mass is 518 g/mol. The highest BCUT2D eigenvalue weighted by Gasteiger charge is 2.48. The van der Waals surface area contributed by atoms with Gasteiger partial charge in [0.1, 0.15) is 0 Å². The standard InChI is InChI=1S/C19H15Cl3F2N6O3/c1-7(8-5-19(23,24)6-8)10-4-13(27-28-15(10)22)33-14-11(20)2-9(3-12(14)21)30-18(32)26-17(31)16(25)29-30/h2-4,7-8H,5-6H2,1H3,(H2,25,29)(H,26,31,32). The van der Waals surface area contributed by atoms with Gasteiger partial charge in [-0.1, -0.05) is 41.7 Å². The van der Waals surface area contributed by atoms with Gasteiger partial charge in [0.15, 0.2) is 10.9 Å². The van der Waals surface area contributed by atoms with E-state index in [1.165, 1.54) is 18.2 Å². The van der Waals surface area contributed by atoms with Crippen molar-refractivity contribution in [3.05, 3.63) is 59.8 Å². The molecule has 33 heavy (non-hydrogen) atoms. The van der Waals surface area contributed by atoms with E-state index in [1.54, 1.807) is 6.92 Å². The number of rotatable bonds is 5. The molecule has 2 heterocycles. The van der Waals surface area contributed by atoms with Crippen LogP contribution in [0, 0.1) is 5.92 Å². The average Bonchev–Trinajstić information content (AvgIpc) is 2.72. The Morgan fingerprint density at radius 1 is 1.18 bits per heavy atom. The molecular formula is C19H15Cl3F2N6O3. The minimum atomic E-state index is -2.67. The summed E-state index contributed by atoms with van der Waals surface area (Å²) in [5.41, 5.74) is 4.41. The molecule has 1 aliphatic carbocycles. The third kappa shape index (κ3) is 4.66. The Kier molecular flexibility index (Phi) is 6.06. The Hall–Kier alpha value is -2.76. The highest BCUT2D eigenvalue weighted by Crippen LogP contribution is 2.50. The molecule has 0 radical (unpaired) electrons. The van der Waals surface area contributed by atoms with Gasteiger partial charge in [-0.15, -0.1) is 15.3 Å². The fraction of sp³-hybridized carbons (Fsp3) is 0.316. The lowest BCUT2D eigenvalue weighted by atomic mass is 9.72. The number of H-pyrrole nitrogens is 1. The average molecular weight is 520 g/mol. The van der Waals surface area contributed by atoms with Crippen molar-refractivity contribution < 1.29 is 13.5 Å². The van der Waals surface area contributed by atoms with Gasteiger partial charge in [0, 0.05) is 18.9 Å². The summed E-state index contributed by atoms with van der Waals surface area (Å²) in [6.07, 6.45) is -0.463. The molecule has 0 spiro atoms. The maximum absolute atomic E-state index is 13.3. The van der Waals surface area contributed by atoms with Gasteiger partial charge < -0.3 is 10.5 Å². The highest BCUT2D eigenvalue weighted by molar-refractivity contribution is 6.37. The molecule has 14 heteroatoms. The number of ether oxygens (including phenoxy) is 1. The van der Waals surface area contributed by atoms with Crippen molar-refractivity contribution in [1.82, 2.24) is 25.0 Å². The van der Waals surface area contributed by atoms with Gasteiger partial charge in [0.05, 0.1) is 15.7 Å². The van der Waals surface area contributed by atoms with Crippen LogP contribution in [0.25, 0.3) is 5.69 Å². The van der Waals surface area contributed by atoms with Crippen LogP contribution in [0.4, 0.5) is 14.6 Å². The molecular weight excluding hydrogens is 505 g/mol. The van der Waals surface area contributed by atoms with Gasteiger partial charge in [-0.25, -0.2) is 13.6 Å². The van der Waals surface area contributed by atoms with E-state index in [4.69, 9.17) is 45.3 Å². The summed E-state index contributed by atoms with van der Waals surface area (Å²) >= 11 is 18.7. The van der Waals surface area contributed by atoms with E-state index in [0.717, 1.165) is 4.68 Å². The van der Waals surface area contributed by atoms with Crippen molar-refractivity contribution in [3.8, 4) is 17.3 Å². The van der Waals surface area contributed by atoms with Crippen molar-refractivity contribution in [2.24, 2.45) is 5.92 Å². The summed E-state index contributed by atoms with van der Waals surface area (Å²) in [4.78, 5) is 25.5. The molecule has 1 unspecified atom stereocenters. The van der Waals surface area contributed by atoms with Gasteiger partial charge in [0.2, 0.25) is 17.6 Å². The summed E-state index contributed by atoms with van der Waals surface area (Å²) in [6.45, 7) is 1.78. The minimum Gasteiger partial charge on any atom is -0.434 e. The van der Waals surface area contributed by atoms with Crippen LogP contribution in [0.1, 0.15) is 31.2 Å². The zero-order valence-electron chi connectivity index (χ0n) is 16.8. The highest BCUT2D eigenvalue weighted by atomic mass is 35.5. The van der Waals surface area contributed by atoms with E-state index < -0.39 is 23.0 Å². The molecule has 1 saturated carbocycles.